The van der Waals surface area contributed by atoms with E-state index in [1.54, 1.807) is 0 Å². The first-order valence-electron chi connectivity index (χ1n) is 7.66. The maximum Gasteiger partial charge on any atom is 0.273 e. The maximum absolute atomic E-state index is 12.3. The Morgan fingerprint density at radius 2 is 2.14 bits per heavy atom. The van der Waals surface area contributed by atoms with Crippen molar-refractivity contribution in [1.82, 2.24) is 10.5 Å². The fraction of sp³-hybridized carbons (Fsp3) is 0.412. The third-order valence-electron chi connectivity index (χ3n) is 4.17. The molecule has 1 atom stereocenters. The van der Waals surface area contributed by atoms with Crippen LogP contribution >= 0.6 is 0 Å². The summed E-state index contributed by atoms with van der Waals surface area (Å²) in [5, 5.41) is 16.9. The smallest absolute Gasteiger partial charge is 0.273 e. The first-order valence-corrected chi connectivity index (χ1v) is 7.66. The number of nitrogens with zero attached hydrogens (tertiary/aromatic N) is 1. The normalized spacial score (nSPS) is 15.2. The number of hydrogen-bond donors (Lipinski definition) is 2. The van der Waals surface area contributed by atoms with Gasteiger partial charge >= 0.3 is 0 Å². The van der Waals surface area contributed by atoms with E-state index in [1.807, 2.05) is 31.2 Å². The molecule has 22 heavy (non-hydrogen) atoms. The van der Waals surface area contributed by atoms with Crippen molar-refractivity contribution in [1.29, 1.82) is 0 Å². The van der Waals surface area contributed by atoms with Crippen molar-refractivity contribution >= 4 is 5.91 Å². The molecule has 0 radical (unpaired) electrons. The minimum atomic E-state index is -0.729. The molecular formula is C17H20N2O3. The van der Waals surface area contributed by atoms with Crippen LogP contribution in [0.1, 0.15) is 51.9 Å². The summed E-state index contributed by atoms with van der Waals surface area (Å²) in [5.74, 6) is 0.551. The molecular weight excluding hydrogens is 280 g/mol. The number of aryl methyl sites for hydroxylation is 2. The van der Waals surface area contributed by atoms with Crippen molar-refractivity contribution in [2.45, 2.75) is 38.7 Å². The topological polar surface area (TPSA) is 75.4 Å². The van der Waals surface area contributed by atoms with Crippen LogP contribution in [0.2, 0.25) is 0 Å². The van der Waals surface area contributed by atoms with Crippen molar-refractivity contribution in [2.75, 3.05) is 6.54 Å². The number of hydrogen-bond acceptors (Lipinski definition) is 4. The summed E-state index contributed by atoms with van der Waals surface area (Å²) in [6.07, 6.45) is 3.09. The fourth-order valence-corrected chi connectivity index (χ4v) is 2.91. The van der Waals surface area contributed by atoms with Crippen LogP contribution in [0.3, 0.4) is 0 Å². The van der Waals surface area contributed by atoms with Crippen LogP contribution in [0.15, 0.2) is 28.8 Å². The van der Waals surface area contributed by atoms with Gasteiger partial charge in [0, 0.05) is 18.5 Å². The van der Waals surface area contributed by atoms with E-state index in [-0.39, 0.29) is 12.5 Å². The molecule has 1 heterocycles. The second-order valence-corrected chi connectivity index (χ2v) is 5.72. The molecule has 1 amide bonds. The number of fused-ring (bicyclic) bond motifs is 1. The Morgan fingerprint density at radius 3 is 2.95 bits per heavy atom. The molecule has 1 aromatic carbocycles. The second-order valence-electron chi connectivity index (χ2n) is 5.72. The van der Waals surface area contributed by atoms with Gasteiger partial charge in [-0.1, -0.05) is 29.4 Å². The van der Waals surface area contributed by atoms with E-state index in [4.69, 9.17) is 4.52 Å². The highest BCUT2D eigenvalue weighted by atomic mass is 16.5. The highest BCUT2D eigenvalue weighted by Gasteiger charge is 2.24. The zero-order valence-electron chi connectivity index (χ0n) is 12.6. The number of aliphatic hydroxyl groups excluding tert-OH is 1. The van der Waals surface area contributed by atoms with Crippen LogP contribution in [0.25, 0.3) is 0 Å². The summed E-state index contributed by atoms with van der Waals surface area (Å²) in [4.78, 5) is 12.3. The van der Waals surface area contributed by atoms with E-state index in [0.29, 0.717) is 5.69 Å². The fourth-order valence-electron chi connectivity index (χ4n) is 2.91. The summed E-state index contributed by atoms with van der Waals surface area (Å²) in [5.41, 5.74) is 3.12. The predicted molar refractivity (Wildman–Crippen MR) is 81.6 cm³/mol. The number of amides is 1. The SMILES string of the molecule is Cc1ccccc1[C@H](O)CNC(=O)c1noc2c1CCCC2. The van der Waals surface area contributed by atoms with Gasteiger partial charge < -0.3 is 14.9 Å². The van der Waals surface area contributed by atoms with E-state index < -0.39 is 6.10 Å². The lowest BCUT2D eigenvalue weighted by molar-refractivity contribution is 0.0906. The lowest BCUT2D eigenvalue weighted by Crippen LogP contribution is -2.29. The minimum absolute atomic E-state index is 0.158. The zero-order chi connectivity index (χ0) is 15.5. The molecule has 0 saturated heterocycles. The van der Waals surface area contributed by atoms with Crippen LogP contribution in [-0.2, 0) is 12.8 Å². The number of aromatic nitrogens is 1. The molecule has 2 aromatic rings. The number of rotatable bonds is 4. The Morgan fingerprint density at radius 1 is 1.36 bits per heavy atom. The van der Waals surface area contributed by atoms with Crippen LogP contribution in [0, 0.1) is 6.92 Å². The molecule has 5 heteroatoms. The summed E-state index contributed by atoms with van der Waals surface area (Å²) >= 11 is 0. The molecule has 1 aromatic heterocycles. The van der Waals surface area contributed by atoms with Crippen LogP contribution < -0.4 is 5.32 Å². The number of aliphatic hydroxyl groups is 1. The van der Waals surface area contributed by atoms with E-state index in [9.17, 15) is 9.90 Å². The molecule has 116 valence electrons. The van der Waals surface area contributed by atoms with Gasteiger partial charge in [-0.3, -0.25) is 4.79 Å². The molecule has 3 rings (SSSR count). The van der Waals surface area contributed by atoms with Crippen LogP contribution in [0.4, 0.5) is 0 Å². The number of carbonyl (C=O) groups is 1. The molecule has 0 aliphatic heterocycles. The van der Waals surface area contributed by atoms with Gasteiger partial charge in [-0.25, -0.2) is 0 Å². The summed E-state index contributed by atoms with van der Waals surface area (Å²) in [6.45, 7) is 2.10. The van der Waals surface area contributed by atoms with Gasteiger partial charge in [0.15, 0.2) is 5.69 Å². The van der Waals surface area contributed by atoms with Crippen molar-refractivity contribution in [3.8, 4) is 0 Å². The van der Waals surface area contributed by atoms with E-state index >= 15 is 0 Å². The standard InChI is InChI=1S/C17H20N2O3/c1-11-6-2-3-7-12(11)14(20)10-18-17(21)16-13-8-4-5-9-15(13)22-19-16/h2-3,6-7,14,20H,4-5,8-10H2,1H3,(H,18,21)/t14-/m1/s1. The van der Waals surface area contributed by atoms with Crippen molar-refractivity contribution in [3.05, 3.63) is 52.4 Å². The van der Waals surface area contributed by atoms with Crippen LogP contribution in [-0.4, -0.2) is 22.7 Å². The Bertz CT molecular complexity index is 678. The predicted octanol–water partition coefficient (Wildman–Crippen LogP) is 2.33. The molecule has 5 nitrogen and oxygen atoms in total. The molecule has 0 unspecified atom stereocenters. The Balaban J connectivity index is 1.65. The maximum atomic E-state index is 12.3. The first-order chi connectivity index (χ1) is 10.7. The molecule has 0 fully saturated rings. The number of benzene rings is 1. The van der Waals surface area contributed by atoms with Crippen LogP contribution in [0.5, 0.6) is 0 Å². The van der Waals surface area contributed by atoms with Crippen molar-refractivity contribution < 1.29 is 14.4 Å². The van der Waals surface area contributed by atoms with E-state index in [2.05, 4.69) is 10.5 Å². The van der Waals surface area contributed by atoms with Gasteiger partial charge in [0.1, 0.15) is 5.76 Å². The summed E-state index contributed by atoms with van der Waals surface area (Å²) < 4.78 is 5.25. The third kappa shape index (κ3) is 2.90. The Hall–Kier alpha value is -2.14. The Kier molecular flexibility index (Phi) is 4.24. The summed E-state index contributed by atoms with van der Waals surface area (Å²) in [7, 11) is 0. The monoisotopic (exact) mass is 300 g/mol. The number of carbonyl (C=O) groups excluding carboxylic acids is 1. The summed E-state index contributed by atoms with van der Waals surface area (Å²) in [6, 6.07) is 7.60. The minimum Gasteiger partial charge on any atom is -0.387 e. The van der Waals surface area contributed by atoms with Gasteiger partial charge in [-0.05, 0) is 37.3 Å². The molecule has 0 spiro atoms. The molecule has 2 N–H and O–H groups in total. The van der Waals surface area contributed by atoms with Crippen molar-refractivity contribution in [2.24, 2.45) is 0 Å². The third-order valence-corrected chi connectivity index (χ3v) is 4.17. The molecule has 1 aliphatic rings. The molecule has 1 aliphatic carbocycles. The van der Waals surface area contributed by atoms with Gasteiger partial charge in [0.25, 0.3) is 5.91 Å². The van der Waals surface area contributed by atoms with Gasteiger partial charge in [0.05, 0.1) is 6.10 Å². The second kappa shape index (κ2) is 6.32. The molecule has 0 bridgehead atoms. The van der Waals surface area contributed by atoms with Gasteiger partial charge in [-0.2, -0.15) is 0 Å². The highest BCUT2D eigenvalue weighted by Crippen LogP contribution is 2.24. The first kappa shape index (κ1) is 14.8. The average Bonchev–Trinajstić information content (AvgIpc) is 2.97. The largest absolute Gasteiger partial charge is 0.387 e. The highest BCUT2D eigenvalue weighted by molar-refractivity contribution is 5.93. The zero-order valence-corrected chi connectivity index (χ0v) is 12.6. The quantitative estimate of drug-likeness (QED) is 0.908. The van der Waals surface area contributed by atoms with E-state index in [1.165, 1.54) is 0 Å². The lowest BCUT2D eigenvalue weighted by Gasteiger charge is -2.14. The van der Waals surface area contributed by atoms with Crippen molar-refractivity contribution in [3.63, 3.8) is 0 Å². The van der Waals surface area contributed by atoms with E-state index in [0.717, 1.165) is 48.1 Å². The van der Waals surface area contributed by atoms with Gasteiger partial charge in [-0.15, -0.1) is 0 Å². The number of nitrogens with one attached hydrogen (secondary N) is 1. The average molecular weight is 300 g/mol. The Labute approximate surface area is 129 Å². The molecule has 0 saturated carbocycles. The van der Waals surface area contributed by atoms with Gasteiger partial charge in [0.2, 0.25) is 0 Å². The lowest BCUT2D eigenvalue weighted by atomic mass is 9.96.